The van der Waals surface area contributed by atoms with Crippen LogP contribution in [-0.2, 0) is 11.4 Å². The number of methoxy groups -OCH3 is 2. The van der Waals surface area contributed by atoms with E-state index in [-0.39, 0.29) is 0 Å². The van der Waals surface area contributed by atoms with Gasteiger partial charge < -0.3 is 14.0 Å². The fourth-order valence-electron chi connectivity index (χ4n) is 2.53. The first kappa shape index (κ1) is 18.3. The fraction of sp³-hybridized carbons (Fsp3) is 0.500. The van der Waals surface area contributed by atoms with Crippen molar-refractivity contribution in [2.24, 2.45) is 0 Å². The normalized spacial score (nSPS) is 11.1. The Labute approximate surface area is 143 Å². The van der Waals surface area contributed by atoms with E-state index in [0.29, 0.717) is 24.0 Å². The number of hydrogen-bond acceptors (Lipinski definition) is 6. The summed E-state index contributed by atoms with van der Waals surface area (Å²) in [5.74, 6) is 2.49. The molecule has 2 aromatic rings. The second-order valence-corrected chi connectivity index (χ2v) is 5.82. The highest BCUT2D eigenvalue weighted by molar-refractivity contribution is 5.72. The summed E-state index contributed by atoms with van der Waals surface area (Å²) in [6, 6.07) is 3.94. The number of nitrogens with zero attached hydrogens (tertiary/aromatic N) is 1. The Morgan fingerprint density at radius 3 is 2.46 bits per heavy atom. The first-order valence-electron chi connectivity index (χ1n) is 8.09. The molecule has 0 spiro atoms. The highest BCUT2D eigenvalue weighted by atomic mass is 16.6. The summed E-state index contributed by atoms with van der Waals surface area (Å²) in [6.07, 6.45) is 0. The lowest BCUT2D eigenvalue weighted by Crippen LogP contribution is -2.13. The van der Waals surface area contributed by atoms with Crippen LogP contribution in [0, 0.1) is 6.92 Å². The molecule has 0 bridgehead atoms. The number of benzene rings is 1. The van der Waals surface area contributed by atoms with E-state index >= 15 is 0 Å². The minimum Gasteiger partial charge on any atom is -0.496 e. The van der Waals surface area contributed by atoms with E-state index in [9.17, 15) is 0 Å². The summed E-state index contributed by atoms with van der Waals surface area (Å²) in [5, 5.41) is 4.13. The molecule has 1 heterocycles. The van der Waals surface area contributed by atoms with Crippen molar-refractivity contribution in [2.75, 3.05) is 20.8 Å². The summed E-state index contributed by atoms with van der Waals surface area (Å²) in [6.45, 7) is 9.26. The zero-order valence-electron chi connectivity index (χ0n) is 15.2. The Morgan fingerprint density at radius 2 is 1.88 bits per heavy atom. The van der Waals surface area contributed by atoms with E-state index in [1.165, 1.54) is 0 Å². The Kier molecular flexibility index (Phi) is 6.23. The summed E-state index contributed by atoms with van der Waals surface area (Å²) < 4.78 is 16.6. The molecule has 132 valence electrons. The molecule has 6 nitrogen and oxygen atoms in total. The van der Waals surface area contributed by atoms with Crippen LogP contribution < -0.4 is 15.0 Å². The summed E-state index contributed by atoms with van der Waals surface area (Å²) >= 11 is 0. The number of ether oxygens (including phenoxy) is 2. The maximum atomic E-state index is 5.58. The van der Waals surface area contributed by atoms with Crippen molar-refractivity contribution >= 4 is 0 Å². The third-order valence-electron chi connectivity index (χ3n) is 3.89. The molecule has 0 fully saturated rings. The molecule has 0 saturated heterocycles. The molecule has 6 heteroatoms. The lowest BCUT2D eigenvalue weighted by molar-refractivity contribution is 0.0279. The number of aromatic nitrogens is 1. The second-order valence-electron chi connectivity index (χ2n) is 5.82. The molecule has 1 aromatic heterocycles. The fourth-order valence-corrected chi connectivity index (χ4v) is 2.53. The van der Waals surface area contributed by atoms with E-state index < -0.39 is 0 Å². The Balaban J connectivity index is 2.46. The van der Waals surface area contributed by atoms with Gasteiger partial charge in [-0.15, -0.1) is 0 Å². The number of nitrogens with one attached hydrogen (secondary N) is 1. The Bertz CT molecular complexity index is 680. The zero-order chi connectivity index (χ0) is 17.7. The van der Waals surface area contributed by atoms with Crippen LogP contribution in [0.25, 0.3) is 11.3 Å². The van der Waals surface area contributed by atoms with Gasteiger partial charge in [-0.2, -0.15) is 0 Å². The van der Waals surface area contributed by atoms with Crippen molar-refractivity contribution in [1.29, 1.82) is 0 Å². The first-order chi connectivity index (χ1) is 11.5. The summed E-state index contributed by atoms with van der Waals surface area (Å²) in [4.78, 5) is 5.33. The molecule has 0 aliphatic heterocycles. The molecule has 0 unspecified atom stereocenters. The molecule has 0 atom stereocenters. The third-order valence-corrected chi connectivity index (χ3v) is 3.89. The van der Waals surface area contributed by atoms with Gasteiger partial charge in [0.05, 0.1) is 19.8 Å². The highest BCUT2D eigenvalue weighted by Crippen LogP contribution is 2.40. The molecule has 1 aromatic carbocycles. The van der Waals surface area contributed by atoms with Crippen molar-refractivity contribution in [3.63, 3.8) is 0 Å². The molecular weight excluding hydrogens is 308 g/mol. The SMILES string of the molecule is CCNOCc1noc(-c2cc(C(C)C)c(OC)cc2OC)c1C. The van der Waals surface area contributed by atoms with Crippen LogP contribution in [0.5, 0.6) is 11.5 Å². The van der Waals surface area contributed by atoms with E-state index in [1.54, 1.807) is 14.2 Å². The first-order valence-corrected chi connectivity index (χ1v) is 8.09. The van der Waals surface area contributed by atoms with E-state index in [0.717, 1.165) is 34.7 Å². The van der Waals surface area contributed by atoms with Gasteiger partial charge in [0, 0.05) is 18.2 Å². The summed E-state index contributed by atoms with van der Waals surface area (Å²) in [5.41, 5.74) is 6.46. The molecule has 24 heavy (non-hydrogen) atoms. The van der Waals surface area contributed by atoms with Crippen LogP contribution in [-0.4, -0.2) is 25.9 Å². The van der Waals surface area contributed by atoms with Gasteiger partial charge in [-0.1, -0.05) is 25.9 Å². The molecule has 0 amide bonds. The standard InChI is InChI=1S/C18H26N2O4/c1-7-19-23-10-15-12(4)18(24-20-15)14-8-13(11(2)3)16(21-5)9-17(14)22-6/h8-9,11,19H,7,10H2,1-6H3. The second kappa shape index (κ2) is 8.17. The van der Waals surface area contributed by atoms with Gasteiger partial charge in [0.1, 0.15) is 23.8 Å². The molecule has 1 N–H and O–H groups in total. The highest BCUT2D eigenvalue weighted by Gasteiger charge is 2.21. The molecular formula is C18H26N2O4. The van der Waals surface area contributed by atoms with Crippen LogP contribution in [0.1, 0.15) is 43.5 Å². The number of hydrogen-bond donors (Lipinski definition) is 1. The minimum atomic E-state index is 0.310. The van der Waals surface area contributed by atoms with Gasteiger partial charge in [-0.3, -0.25) is 4.84 Å². The molecule has 2 rings (SSSR count). The predicted octanol–water partition coefficient (Wildman–Crippen LogP) is 3.83. The summed E-state index contributed by atoms with van der Waals surface area (Å²) in [7, 11) is 3.30. The maximum Gasteiger partial charge on any atom is 0.173 e. The Hall–Kier alpha value is -2.05. The van der Waals surface area contributed by atoms with Crippen LogP contribution in [0.4, 0.5) is 0 Å². The van der Waals surface area contributed by atoms with E-state index in [1.807, 2.05) is 26.0 Å². The average Bonchev–Trinajstić information content (AvgIpc) is 2.94. The minimum absolute atomic E-state index is 0.310. The van der Waals surface area contributed by atoms with Crippen molar-refractivity contribution in [2.45, 2.75) is 40.2 Å². The van der Waals surface area contributed by atoms with Gasteiger partial charge in [-0.25, -0.2) is 5.48 Å². The topological polar surface area (TPSA) is 65.8 Å². The van der Waals surface area contributed by atoms with E-state index in [4.69, 9.17) is 18.8 Å². The number of rotatable bonds is 8. The van der Waals surface area contributed by atoms with Crippen molar-refractivity contribution in [3.05, 3.63) is 29.0 Å². The lowest BCUT2D eigenvalue weighted by atomic mass is 9.96. The quantitative estimate of drug-likeness (QED) is 0.584. The predicted molar refractivity (Wildman–Crippen MR) is 92.3 cm³/mol. The number of hydroxylamine groups is 1. The van der Waals surface area contributed by atoms with Gasteiger partial charge in [-0.05, 0) is 24.5 Å². The van der Waals surface area contributed by atoms with Crippen molar-refractivity contribution < 1.29 is 18.8 Å². The monoisotopic (exact) mass is 334 g/mol. The zero-order valence-corrected chi connectivity index (χ0v) is 15.2. The third kappa shape index (κ3) is 3.71. The van der Waals surface area contributed by atoms with E-state index in [2.05, 4.69) is 24.5 Å². The lowest BCUT2D eigenvalue weighted by Gasteiger charge is -2.16. The van der Waals surface area contributed by atoms with Gasteiger partial charge >= 0.3 is 0 Å². The smallest absolute Gasteiger partial charge is 0.173 e. The van der Waals surface area contributed by atoms with Gasteiger partial charge in [0.2, 0.25) is 0 Å². The molecule has 0 radical (unpaired) electrons. The van der Waals surface area contributed by atoms with Crippen LogP contribution in [0.3, 0.4) is 0 Å². The Morgan fingerprint density at radius 1 is 1.17 bits per heavy atom. The largest absolute Gasteiger partial charge is 0.496 e. The molecule has 0 aliphatic rings. The maximum absolute atomic E-state index is 5.58. The van der Waals surface area contributed by atoms with Gasteiger partial charge in [0.25, 0.3) is 0 Å². The van der Waals surface area contributed by atoms with Gasteiger partial charge in [0.15, 0.2) is 5.76 Å². The van der Waals surface area contributed by atoms with Crippen LogP contribution >= 0.6 is 0 Å². The molecule has 0 saturated carbocycles. The van der Waals surface area contributed by atoms with Crippen LogP contribution in [0.15, 0.2) is 16.7 Å². The molecule has 0 aliphatic carbocycles. The average molecular weight is 334 g/mol. The van der Waals surface area contributed by atoms with Crippen molar-refractivity contribution in [1.82, 2.24) is 10.6 Å². The van der Waals surface area contributed by atoms with Crippen molar-refractivity contribution in [3.8, 4) is 22.8 Å². The van der Waals surface area contributed by atoms with Crippen LogP contribution in [0.2, 0.25) is 0 Å².